The predicted molar refractivity (Wildman–Crippen MR) is 116 cm³/mol. The third-order valence-corrected chi connectivity index (χ3v) is 9.19. The molecule has 4 heterocycles. The van der Waals surface area contributed by atoms with Gasteiger partial charge in [0.1, 0.15) is 6.04 Å². The Labute approximate surface area is 187 Å². The highest BCUT2D eigenvalue weighted by molar-refractivity contribution is 7.91. The minimum Gasteiger partial charge on any atom is -0.322 e. The zero-order chi connectivity index (χ0) is 22.5. The molecular weight excluding hydrogens is 432 g/mol. The van der Waals surface area contributed by atoms with Crippen molar-refractivity contribution < 1.29 is 22.8 Å². The lowest BCUT2D eigenvalue weighted by molar-refractivity contribution is -0.136. The summed E-state index contributed by atoms with van der Waals surface area (Å²) in [5, 5.41) is 5.67. The van der Waals surface area contributed by atoms with Crippen LogP contribution in [-0.2, 0) is 32.5 Å². The van der Waals surface area contributed by atoms with E-state index in [0.717, 1.165) is 37.1 Å². The van der Waals surface area contributed by atoms with Crippen molar-refractivity contribution in [3.8, 4) is 0 Å². The van der Waals surface area contributed by atoms with Crippen LogP contribution in [0.3, 0.4) is 0 Å². The largest absolute Gasteiger partial charge is 0.322 e. The van der Waals surface area contributed by atoms with Crippen molar-refractivity contribution in [3.05, 3.63) is 34.9 Å². The zero-order valence-corrected chi connectivity index (χ0v) is 18.7. The Morgan fingerprint density at radius 2 is 1.91 bits per heavy atom. The number of carbonyl (C=O) groups excluding carboxylic acids is 3. The fraction of sp³-hybridized carbons (Fsp3) is 0.591. The maximum absolute atomic E-state index is 13.1. The second-order valence-electron chi connectivity index (χ2n) is 9.33. The quantitative estimate of drug-likeness (QED) is 0.600. The average Bonchev–Trinajstić information content (AvgIpc) is 3.08. The van der Waals surface area contributed by atoms with Crippen molar-refractivity contribution in [1.82, 2.24) is 20.4 Å². The van der Waals surface area contributed by atoms with Crippen molar-refractivity contribution >= 4 is 27.6 Å². The van der Waals surface area contributed by atoms with Crippen molar-refractivity contribution in [1.29, 1.82) is 0 Å². The molecule has 172 valence electrons. The monoisotopic (exact) mass is 460 g/mol. The number of imide groups is 1. The van der Waals surface area contributed by atoms with Gasteiger partial charge in [-0.15, -0.1) is 0 Å². The number of nitrogens with zero attached hydrogens (tertiary/aromatic N) is 2. The molecule has 4 aliphatic rings. The van der Waals surface area contributed by atoms with Crippen LogP contribution in [0.15, 0.2) is 18.2 Å². The standard InChI is InChI=1S/C22H28N4O5S/c27-19-5-4-18(20(28)24-19)26-13-17-15(2-1-3-16(17)21(26)29)12-25-10-11-32(30,31)14-22(25)6-8-23-9-7-22/h1-3,18,23H,4-14H2,(H,24,27,28). The molecule has 2 N–H and O–H groups in total. The van der Waals surface area contributed by atoms with E-state index >= 15 is 0 Å². The van der Waals surface area contributed by atoms with Crippen LogP contribution in [-0.4, -0.2) is 78.7 Å². The van der Waals surface area contributed by atoms with Crippen LogP contribution in [0, 0.1) is 0 Å². The fourth-order valence-electron chi connectivity index (χ4n) is 5.66. The maximum atomic E-state index is 13.1. The molecule has 3 amide bonds. The van der Waals surface area contributed by atoms with E-state index in [1.54, 1.807) is 11.0 Å². The number of carbonyl (C=O) groups is 3. The van der Waals surface area contributed by atoms with Gasteiger partial charge in [0.15, 0.2) is 9.84 Å². The van der Waals surface area contributed by atoms with Crippen LogP contribution >= 0.6 is 0 Å². The summed E-state index contributed by atoms with van der Waals surface area (Å²) < 4.78 is 24.9. The van der Waals surface area contributed by atoms with Gasteiger partial charge in [-0.1, -0.05) is 12.1 Å². The zero-order valence-electron chi connectivity index (χ0n) is 17.9. The number of hydrogen-bond acceptors (Lipinski definition) is 7. The number of hydrogen-bond donors (Lipinski definition) is 2. The second-order valence-corrected chi connectivity index (χ2v) is 11.5. The summed E-state index contributed by atoms with van der Waals surface area (Å²) in [5.74, 6) is -0.576. The van der Waals surface area contributed by atoms with Gasteiger partial charge < -0.3 is 10.2 Å². The number of piperidine rings is 2. The molecule has 1 atom stereocenters. The molecule has 4 aliphatic heterocycles. The summed E-state index contributed by atoms with van der Waals surface area (Å²) in [7, 11) is -3.07. The first kappa shape index (κ1) is 21.5. The minimum absolute atomic E-state index is 0.151. The summed E-state index contributed by atoms with van der Waals surface area (Å²) in [5.41, 5.74) is 2.12. The smallest absolute Gasteiger partial charge is 0.255 e. The lowest BCUT2D eigenvalue weighted by atomic mass is 9.87. The molecule has 0 aromatic heterocycles. The lowest BCUT2D eigenvalue weighted by Gasteiger charge is -2.49. The number of fused-ring (bicyclic) bond motifs is 1. The molecule has 0 saturated carbocycles. The van der Waals surface area contributed by atoms with Gasteiger partial charge >= 0.3 is 0 Å². The van der Waals surface area contributed by atoms with Gasteiger partial charge in [0.05, 0.1) is 11.5 Å². The van der Waals surface area contributed by atoms with E-state index in [-0.39, 0.29) is 35.3 Å². The first-order chi connectivity index (χ1) is 15.3. The Morgan fingerprint density at radius 1 is 1.12 bits per heavy atom. The lowest BCUT2D eigenvalue weighted by Crippen LogP contribution is -2.62. The van der Waals surface area contributed by atoms with Crippen LogP contribution < -0.4 is 10.6 Å². The van der Waals surface area contributed by atoms with Crippen LogP contribution in [0.25, 0.3) is 0 Å². The predicted octanol–water partition coefficient (Wildman–Crippen LogP) is -0.200. The van der Waals surface area contributed by atoms with E-state index in [4.69, 9.17) is 0 Å². The molecule has 10 heteroatoms. The molecule has 1 unspecified atom stereocenters. The molecule has 3 saturated heterocycles. The van der Waals surface area contributed by atoms with E-state index in [2.05, 4.69) is 15.5 Å². The molecule has 0 aliphatic carbocycles. The van der Waals surface area contributed by atoms with Gasteiger partial charge in [-0.25, -0.2) is 8.42 Å². The third kappa shape index (κ3) is 3.74. The van der Waals surface area contributed by atoms with Gasteiger partial charge in [0.2, 0.25) is 11.8 Å². The SMILES string of the molecule is O=C1CCC(N2Cc3c(CN4CCS(=O)(=O)CC45CCNCC5)cccc3C2=O)C(=O)N1. The first-order valence-corrected chi connectivity index (χ1v) is 13.0. The summed E-state index contributed by atoms with van der Waals surface area (Å²) in [6, 6.07) is 5.00. The van der Waals surface area contributed by atoms with Gasteiger partial charge in [-0.2, -0.15) is 0 Å². The molecule has 1 aromatic carbocycles. The van der Waals surface area contributed by atoms with Crippen LogP contribution in [0.5, 0.6) is 0 Å². The Kier molecular flexibility index (Phi) is 5.34. The number of nitrogens with one attached hydrogen (secondary N) is 2. The average molecular weight is 461 g/mol. The third-order valence-electron chi connectivity index (χ3n) is 7.41. The van der Waals surface area contributed by atoms with Crippen LogP contribution in [0.4, 0.5) is 0 Å². The van der Waals surface area contributed by atoms with E-state index in [9.17, 15) is 22.8 Å². The van der Waals surface area contributed by atoms with Crippen LogP contribution in [0.2, 0.25) is 0 Å². The Hall–Kier alpha value is -2.30. The molecule has 0 radical (unpaired) electrons. The maximum Gasteiger partial charge on any atom is 0.255 e. The molecule has 5 rings (SSSR count). The molecule has 9 nitrogen and oxygen atoms in total. The number of rotatable bonds is 3. The minimum atomic E-state index is -3.07. The van der Waals surface area contributed by atoms with Crippen molar-refractivity contribution in [2.24, 2.45) is 0 Å². The Morgan fingerprint density at radius 3 is 2.66 bits per heavy atom. The van der Waals surface area contributed by atoms with Gasteiger partial charge in [0, 0.05) is 37.2 Å². The number of amides is 3. The summed E-state index contributed by atoms with van der Waals surface area (Å²) >= 11 is 0. The first-order valence-electron chi connectivity index (χ1n) is 11.2. The topological polar surface area (TPSA) is 116 Å². The highest BCUT2D eigenvalue weighted by atomic mass is 32.2. The summed E-state index contributed by atoms with van der Waals surface area (Å²) in [6.07, 6.45) is 2.12. The van der Waals surface area contributed by atoms with Crippen LogP contribution in [0.1, 0.15) is 47.2 Å². The molecule has 0 bridgehead atoms. The van der Waals surface area contributed by atoms with Gasteiger partial charge in [-0.05, 0) is 49.5 Å². The van der Waals surface area contributed by atoms with Gasteiger partial charge in [0.25, 0.3) is 5.91 Å². The highest BCUT2D eigenvalue weighted by Crippen LogP contribution is 2.36. The molecule has 32 heavy (non-hydrogen) atoms. The van der Waals surface area contributed by atoms with Crippen molar-refractivity contribution in [2.45, 2.75) is 50.4 Å². The Balaban J connectivity index is 1.41. The summed E-state index contributed by atoms with van der Waals surface area (Å²) in [6.45, 7) is 2.98. The van der Waals surface area contributed by atoms with Crippen molar-refractivity contribution in [2.75, 3.05) is 31.1 Å². The van der Waals surface area contributed by atoms with E-state index in [1.807, 2.05) is 12.1 Å². The second kappa shape index (κ2) is 7.93. The molecule has 1 spiro atoms. The number of sulfone groups is 1. The molecule has 3 fully saturated rings. The fourth-order valence-corrected chi connectivity index (χ4v) is 7.60. The highest BCUT2D eigenvalue weighted by Gasteiger charge is 2.46. The van der Waals surface area contributed by atoms with E-state index < -0.39 is 21.8 Å². The molecular formula is C22H28N4O5S. The Bertz CT molecular complexity index is 1080. The van der Waals surface area contributed by atoms with E-state index in [1.165, 1.54) is 0 Å². The van der Waals surface area contributed by atoms with E-state index in [0.29, 0.717) is 31.6 Å². The normalized spacial score (nSPS) is 27.4. The van der Waals surface area contributed by atoms with Crippen molar-refractivity contribution in [3.63, 3.8) is 0 Å². The summed E-state index contributed by atoms with van der Waals surface area (Å²) in [4.78, 5) is 40.8. The number of benzene rings is 1. The van der Waals surface area contributed by atoms with Gasteiger partial charge in [-0.3, -0.25) is 24.6 Å². The molecule has 1 aromatic rings.